The van der Waals surface area contributed by atoms with Crippen LogP contribution in [-0.2, 0) is 9.47 Å². The highest BCUT2D eigenvalue weighted by Crippen LogP contribution is 2.34. The first-order valence-electron chi connectivity index (χ1n) is 7.15. The molecule has 0 bridgehead atoms. The number of carbonyl (C=O) groups excluding carboxylic acids is 1. The summed E-state index contributed by atoms with van der Waals surface area (Å²) in [7, 11) is 0. The van der Waals surface area contributed by atoms with Crippen LogP contribution in [0.4, 0.5) is 4.79 Å². The average Bonchev–Trinajstić information content (AvgIpc) is 2.38. The molecule has 0 saturated carbocycles. The Morgan fingerprint density at radius 3 is 2.45 bits per heavy atom. The number of hydrogen-bond acceptors (Lipinski definition) is 5. The number of oxime groups is 1. The molecule has 0 aliphatic carbocycles. The average molecular weight is 284 g/mol. The molecule has 6 heteroatoms. The number of piperidine rings is 1. The van der Waals surface area contributed by atoms with Crippen LogP contribution >= 0.6 is 0 Å². The first-order valence-corrected chi connectivity index (χ1v) is 7.15. The number of amides is 1. The van der Waals surface area contributed by atoms with Crippen LogP contribution in [0, 0.1) is 0 Å². The summed E-state index contributed by atoms with van der Waals surface area (Å²) in [4.78, 5) is 13.7. The molecule has 2 heterocycles. The van der Waals surface area contributed by atoms with Crippen molar-refractivity contribution in [2.24, 2.45) is 5.16 Å². The van der Waals surface area contributed by atoms with Crippen LogP contribution in [0.2, 0.25) is 0 Å². The lowest BCUT2D eigenvalue weighted by atomic mass is 9.84. The van der Waals surface area contributed by atoms with Gasteiger partial charge in [-0.05, 0) is 46.5 Å². The summed E-state index contributed by atoms with van der Waals surface area (Å²) in [6.07, 6.45) is 2.99. The van der Waals surface area contributed by atoms with Crippen LogP contribution in [0.15, 0.2) is 5.16 Å². The van der Waals surface area contributed by atoms with Gasteiger partial charge in [-0.25, -0.2) is 4.79 Å². The lowest BCUT2D eigenvalue weighted by Gasteiger charge is -2.43. The van der Waals surface area contributed by atoms with E-state index in [1.807, 2.05) is 20.8 Å². The third-order valence-electron chi connectivity index (χ3n) is 3.88. The fraction of sp³-hybridized carbons (Fsp3) is 0.857. The molecule has 2 fully saturated rings. The summed E-state index contributed by atoms with van der Waals surface area (Å²) >= 11 is 0. The molecular formula is C14H24N2O4. The van der Waals surface area contributed by atoms with E-state index in [4.69, 9.17) is 14.7 Å². The van der Waals surface area contributed by atoms with E-state index in [1.165, 1.54) is 0 Å². The number of hydrogen-bond donors (Lipinski definition) is 1. The zero-order chi connectivity index (χ0) is 14.8. The van der Waals surface area contributed by atoms with E-state index < -0.39 is 5.60 Å². The highest BCUT2D eigenvalue weighted by molar-refractivity contribution is 5.85. The van der Waals surface area contributed by atoms with Crippen LogP contribution in [-0.4, -0.2) is 52.8 Å². The number of nitrogens with zero attached hydrogens (tertiary/aromatic N) is 2. The van der Waals surface area contributed by atoms with Crippen LogP contribution in [0.1, 0.15) is 46.5 Å². The molecule has 0 atom stereocenters. The van der Waals surface area contributed by atoms with Gasteiger partial charge in [-0.3, -0.25) is 0 Å². The van der Waals surface area contributed by atoms with Gasteiger partial charge in [0.05, 0.1) is 17.9 Å². The minimum atomic E-state index is -0.458. The van der Waals surface area contributed by atoms with Gasteiger partial charge in [-0.2, -0.15) is 0 Å². The number of rotatable bonds is 0. The molecule has 114 valence electrons. The Morgan fingerprint density at radius 2 is 2.00 bits per heavy atom. The smallest absolute Gasteiger partial charge is 0.410 e. The SMILES string of the molecule is CC(C)(C)OC(=O)N1CCC2(CCC(=NO)CO2)CC1. The predicted octanol–water partition coefficient (Wildman–Crippen LogP) is 2.40. The Morgan fingerprint density at radius 1 is 1.35 bits per heavy atom. The van der Waals surface area contributed by atoms with Crippen molar-refractivity contribution < 1.29 is 19.5 Å². The lowest BCUT2D eigenvalue weighted by Crippen LogP contribution is -2.51. The Hall–Kier alpha value is -1.30. The van der Waals surface area contributed by atoms with Gasteiger partial charge < -0.3 is 19.6 Å². The molecule has 1 N–H and O–H groups in total. The molecular weight excluding hydrogens is 260 g/mol. The van der Waals surface area contributed by atoms with Crippen LogP contribution < -0.4 is 0 Å². The Kier molecular flexibility index (Phi) is 4.22. The Labute approximate surface area is 119 Å². The summed E-state index contributed by atoms with van der Waals surface area (Å²) in [5, 5.41) is 12.0. The minimum Gasteiger partial charge on any atom is -0.444 e. The van der Waals surface area contributed by atoms with Crippen molar-refractivity contribution in [1.29, 1.82) is 0 Å². The normalized spacial score (nSPS) is 24.9. The molecule has 0 unspecified atom stereocenters. The fourth-order valence-electron chi connectivity index (χ4n) is 2.65. The van der Waals surface area contributed by atoms with E-state index >= 15 is 0 Å². The van der Waals surface area contributed by atoms with Gasteiger partial charge in [0.25, 0.3) is 0 Å². The summed E-state index contributed by atoms with van der Waals surface area (Å²) in [5.74, 6) is 0. The molecule has 2 aliphatic heterocycles. The summed E-state index contributed by atoms with van der Waals surface area (Å²) in [6, 6.07) is 0. The van der Waals surface area contributed by atoms with Crippen LogP contribution in [0.5, 0.6) is 0 Å². The van der Waals surface area contributed by atoms with Gasteiger partial charge in [-0.15, -0.1) is 0 Å². The molecule has 2 saturated heterocycles. The van der Waals surface area contributed by atoms with Crippen molar-refractivity contribution in [3.63, 3.8) is 0 Å². The predicted molar refractivity (Wildman–Crippen MR) is 74.2 cm³/mol. The van der Waals surface area contributed by atoms with E-state index in [9.17, 15) is 4.79 Å². The standard InChI is InChI=1S/C14H24N2O4/c1-13(2,3)20-12(17)16-8-6-14(7-9-16)5-4-11(15-18)10-19-14/h18H,4-10H2,1-3H3. The summed E-state index contributed by atoms with van der Waals surface area (Å²) in [6.45, 7) is 7.31. The van der Waals surface area contributed by atoms with Crippen molar-refractivity contribution in [3.8, 4) is 0 Å². The maximum atomic E-state index is 12.0. The molecule has 2 aliphatic rings. The van der Waals surface area contributed by atoms with E-state index in [-0.39, 0.29) is 11.7 Å². The van der Waals surface area contributed by atoms with E-state index in [0.717, 1.165) is 25.7 Å². The van der Waals surface area contributed by atoms with Gasteiger partial charge in [0.1, 0.15) is 5.60 Å². The van der Waals surface area contributed by atoms with Gasteiger partial charge >= 0.3 is 6.09 Å². The van der Waals surface area contributed by atoms with Crippen molar-refractivity contribution in [1.82, 2.24) is 4.90 Å². The molecule has 20 heavy (non-hydrogen) atoms. The van der Waals surface area contributed by atoms with Crippen LogP contribution in [0.25, 0.3) is 0 Å². The highest BCUT2D eigenvalue weighted by Gasteiger charge is 2.40. The topological polar surface area (TPSA) is 71.4 Å². The highest BCUT2D eigenvalue weighted by atomic mass is 16.6. The minimum absolute atomic E-state index is 0.160. The fourth-order valence-corrected chi connectivity index (χ4v) is 2.65. The third-order valence-corrected chi connectivity index (χ3v) is 3.88. The van der Waals surface area contributed by atoms with E-state index in [0.29, 0.717) is 25.4 Å². The molecule has 1 amide bonds. The summed E-state index contributed by atoms with van der Waals surface area (Å²) in [5.41, 5.74) is 0.0810. The van der Waals surface area contributed by atoms with Gasteiger partial charge in [-0.1, -0.05) is 5.16 Å². The second kappa shape index (κ2) is 5.60. The first kappa shape index (κ1) is 15.1. The second-order valence-corrected chi connectivity index (χ2v) is 6.61. The van der Waals surface area contributed by atoms with Crippen molar-refractivity contribution in [3.05, 3.63) is 0 Å². The number of ether oxygens (including phenoxy) is 2. The Balaban J connectivity index is 1.85. The maximum Gasteiger partial charge on any atom is 0.410 e. The number of likely N-dealkylation sites (tertiary alicyclic amines) is 1. The van der Waals surface area contributed by atoms with Crippen LogP contribution in [0.3, 0.4) is 0 Å². The third kappa shape index (κ3) is 3.62. The second-order valence-electron chi connectivity index (χ2n) is 6.61. The Bertz CT molecular complexity index is 380. The largest absolute Gasteiger partial charge is 0.444 e. The lowest BCUT2D eigenvalue weighted by molar-refractivity contribution is -0.0838. The molecule has 1 spiro atoms. The molecule has 0 aromatic heterocycles. The molecule has 0 aromatic rings. The monoisotopic (exact) mass is 284 g/mol. The maximum absolute atomic E-state index is 12.0. The first-order chi connectivity index (χ1) is 9.34. The zero-order valence-electron chi connectivity index (χ0n) is 12.5. The van der Waals surface area contributed by atoms with Gasteiger partial charge in [0.2, 0.25) is 0 Å². The quantitative estimate of drug-likeness (QED) is 0.547. The zero-order valence-corrected chi connectivity index (χ0v) is 12.5. The van der Waals surface area contributed by atoms with Gasteiger partial charge in [0.15, 0.2) is 0 Å². The van der Waals surface area contributed by atoms with Crippen molar-refractivity contribution in [2.45, 2.75) is 57.7 Å². The van der Waals surface area contributed by atoms with Gasteiger partial charge in [0, 0.05) is 13.1 Å². The number of carbonyl (C=O) groups is 1. The van der Waals surface area contributed by atoms with E-state index in [1.54, 1.807) is 4.90 Å². The molecule has 2 rings (SSSR count). The van der Waals surface area contributed by atoms with Crippen molar-refractivity contribution >= 4 is 11.8 Å². The molecule has 0 radical (unpaired) electrons. The molecule has 0 aromatic carbocycles. The summed E-state index contributed by atoms with van der Waals surface area (Å²) < 4.78 is 11.3. The van der Waals surface area contributed by atoms with Crippen molar-refractivity contribution in [2.75, 3.05) is 19.7 Å². The molecule has 6 nitrogen and oxygen atoms in total. The van der Waals surface area contributed by atoms with E-state index in [2.05, 4.69) is 5.16 Å².